The molecule has 92 valence electrons. The normalized spacial score (nSPS) is 10.9. The van der Waals surface area contributed by atoms with Gasteiger partial charge >= 0.3 is 0 Å². The Bertz CT molecular complexity index is 476. The number of aromatic nitrogens is 1. The summed E-state index contributed by atoms with van der Waals surface area (Å²) in [6.45, 7) is 3.90. The summed E-state index contributed by atoms with van der Waals surface area (Å²) in [5.41, 5.74) is 1.20. The smallest absolute Gasteiger partial charge is 0.128 e. The predicted octanol–water partition coefficient (Wildman–Crippen LogP) is 2.81. The van der Waals surface area contributed by atoms with E-state index in [1.807, 2.05) is 19.1 Å². The SMILES string of the molecule is CCOc1cccc2c1ccn2CCCCO. The first kappa shape index (κ1) is 12.0. The van der Waals surface area contributed by atoms with Gasteiger partial charge in [0.1, 0.15) is 5.75 Å². The molecule has 1 N–H and O–H groups in total. The maximum atomic E-state index is 8.79. The van der Waals surface area contributed by atoms with Crippen LogP contribution < -0.4 is 4.74 Å². The van der Waals surface area contributed by atoms with Crippen LogP contribution in [-0.4, -0.2) is 22.9 Å². The van der Waals surface area contributed by atoms with Crippen LogP contribution in [0.1, 0.15) is 19.8 Å². The van der Waals surface area contributed by atoms with Crippen molar-refractivity contribution in [3.05, 3.63) is 30.5 Å². The molecule has 3 heteroatoms. The van der Waals surface area contributed by atoms with Gasteiger partial charge in [-0.1, -0.05) is 6.07 Å². The number of unbranched alkanes of at least 4 members (excludes halogenated alkanes) is 1. The van der Waals surface area contributed by atoms with Crippen molar-refractivity contribution in [2.24, 2.45) is 0 Å². The Morgan fingerprint density at radius 2 is 2.12 bits per heavy atom. The van der Waals surface area contributed by atoms with Gasteiger partial charge in [0.25, 0.3) is 0 Å². The van der Waals surface area contributed by atoms with Gasteiger partial charge in [-0.3, -0.25) is 0 Å². The van der Waals surface area contributed by atoms with Gasteiger partial charge in [0, 0.05) is 24.7 Å². The maximum Gasteiger partial charge on any atom is 0.128 e. The lowest BCUT2D eigenvalue weighted by atomic mass is 10.2. The van der Waals surface area contributed by atoms with Gasteiger partial charge in [-0.2, -0.15) is 0 Å². The first-order valence-electron chi connectivity index (χ1n) is 6.18. The molecule has 0 atom stereocenters. The fourth-order valence-electron chi connectivity index (χ4n) is 2.07. The highest BCUT2D eigenvalue weighted by molar-refractivity contribution is 5.86. The molecule has 3 nitrogen and oxygen atoms in total. The zero-order valence-corrected chi connectivity index (χ0v) is 10.2. The van der Waals surface area contributed by atoms with E-state index in [0.717, 1.165) is 25.1 Å². The van der Waals surface area contributed by atoms with Crippen molar-refractivity contribution in [3.63, 3.8) is 0 Å². The first-order valence-corrected chi connectivity index (χ1v) is 6.18. The second-order valence-corrected chi connectivity index (χ2v) is 4.06. The van der Waals surface area contributed by atoms with Gasteiger partial charge in [0.05, 0.1) is 12.1 Å². The lowest BCUT2D eigenvalue weighted by Gasteiger charge is -2.07. The Morgan fingerprint density at radius 1 is 1.24 bits per heavy atom. The molecule has 0 bridgehead atoms. The van der Waals surface area contributed by atoms with Crippen LogP contribution in [0.2, 0.25) is 0 Å². The number of rotatable bonds is 6. The Morgan fingerprint density at radius 3 is 2.88 bits per heavy atom. The zero-order valence-electron chi connectivity index (χ0n) is 10.2. The number of aliphatic hydroxyl groups is 1. The number of benzene rings is 1. The lowest BCUT2D eigenvalue weighted by Crippen LogP contribution is -1.97. The molecule has 1 heterocycles. The topological polar surface area (TPSA) is 34.4 Å². The highest BCUT2D eigenvalue weighted by Crippen LogP contribution is 2.26. The summed E-state index contributed by atoms with van der Waals surface area (Å²) in [6.07, 6.45) is 3.94. The molecular formula is C14H19NO2. The van der Waals surface area contributed by atoms with E-state index in [0.29, 0.717) is 6.61 Å². The van der Waals surface area contributed by atoms with Crippen molar-refractivity contribution in [2.75, 3.05) is 13.2 Å². The fraction of sp³-hybridized carbons (Fsp3) is 0.429. The maximum absolute atomic E-state index is 8.79. The number of aliphatic hydroxyl groups excluding tert-OH is 1. The number of ether oxygens (including phenoxy) is 1. The van der Waals surface area contributed by atoms with Crippen LogP contribution in [0, 0.1) is 0 Å². The van der Waals surface area contributed by atoms with Crippen molar-refractivity contribution in [2.45, 2.75) is 26.3 Å². The van der Waals surface area contributed by atoms with Gasteiger partial charge in [-0.25, -0.2) is 0 Å². The minimum absolute atomic E-state index is 0.267. The summed E-state index contributed by atoms with van der Waals surface area (Å²) in [6, 6.07) is 8.23. The standard InChI is InChI=1S/C14H19NO2/c1-2-17-14-7-5-6-13-12(14)8-10-15(13)9-3-4-11-16/h5-8,10,16H,2-4,9,11H2,1H3. The summed E-state index contributed by atoms with van der Waals surface area (Å²) in [5, 5.41) is 9.96. The highest BCUT2D eigenvalue weighted by atomic mass is 16.5. The van der Waals surface area contributed by atoms with Crippen LogP contribution in [0.4, 0.5) is 0 Å². The van der Waals surface area contributed by atoms with E-state index in [4.69, 9.17) is 9.84 Å². The minimum atomic E-state index is 0.267. The van der Waals surface area contributed by atoms with E-state index in [1.54, 1.807) is 0 Å². The molecule has 0 fully saturated rings. The second kappa shape index (κ2) is 5.73. The average molecular weight is 233 g/mol. The minimum Gasteiger partial charge on any atom is -0.493 e. The van der Waals surface area contributed by atoms with Gasteiger partial charge in [0.2, 0.25) is 0 Å². The van der Waals surface area contributed by atoms with E-state index in [9.17, 15) is 0 Å². The van der Waals surface area contributed by atoms with Crippen molar-refractivity contribution in [1.29, 1.82) is 0 Å². The van der Waals surface area contributed by atoms with Gasteiger partial charge in [-0.05, 0) is 38.0 Å². The predicted molar refractivity (Wildman–Crippen MR) is 69.4 cm³/mol. The van der Waals surface area contributed by atoms with Crippen LogP contribution in [0.15, 0.2) is 30.5 Å². The number of aryl methyl sites for hydroxylation is 1. The Hall–Kier alpha value is -1.48. The molecule has 0 radical (unpaired) electrons. The van der Waals surface area contributed by atoms with Crippen LogP contribution in [0.5, 0.6) is 5.75 Å². The number of hydrogen-bond acceptors (Lipinski definition) is 2. The molecule has 0 saturated carbocycles. The number of fused-ring (bicyclic) bond motifs is 1. The summed E-state index contributed by atoms with van der Waals surface area (Å²) < 4.78 is 7.82. The Labute approximate surface area is 102 Å². The largest absolute Gasteiger partial charge is 0.493 e. The summed E-state index contributed by atoms with van der Waals surface area (Å²) in [5.74, 6) is 0.950. The Kier molecular flexibility index (Phi) is 4.04. The molecular weight excluding hydrogens is 214 g/mol. The molecule has 17 heavy (non-hydrogen) atoms. The molecule has 0 aliphatic carbocycles. The summed E-state index contributed by atoms with van der Waals surface area (Å²) >= 11 is 0. The van der Waals surface area contributed by atoms with Crippen molar-refractivity contribution in [3.8, 4) is 5.75 Å². The lowest BCUT2D eigenvalue weighted by molar-refractivity contribution is 0.281. The van der Waals surface area contributed by atoms with Crippen molar-refractivity contribution >= 4 is 10.9 Å². The molecule has 1 aromatic carbocycles. The molecule has 2 rings (SSSR count). The van der Waals surface area contributed by atoms with E-state index >= 15 is 0 Å². The average Bonchev–Trinajstić information content (AvgIpc) is 2.75. The van der Waals surface area contributed by atoms with Crippen LogP contribution >= 0.6 is 0 Å². The molecule has 2 aromatic rings. The third-order valence-corrected chi connectivity index (χ3v) is 2.88. The summed E-state index contributed by atoms with van der Waals surface area (Å²) in [4.78, 5) is 0. The van der Waals surface area contributed by atoms with Gasteiger partial charge in [0.15, 0.2) is 0 Å². The van der Waals surface area contributed by atoms with E-state index in [1.165, 1.54) is 10.9 Å². The molecule has 0 spiro atoms. The van der Waals surface area contributed by atoms with Crippen molar-refractivity contribution in [1.82, 2.24) is 4.57 Å². The summed E-state index contributed by atoms with van der Waals surface area (Å²) in [7, 11) is 0. The first-order chi connectivity index (χ1) is 8.36. The van der Waals surface area contributed by atoms with E-state index in [2.05, 4.69) is 22.9 Å². The third-order valence-electron chi connectivity index (χ3n) is 2.88. The van der Waals surface area contributed by atoms with Gasteiger partial charge in [-0.15, -0.1) is 0 Å². The van der Waals surface area contributed by atoms with Crippen molar-refractivity contribution < 1.29 is 9.84 Å². The van der Waals surface area contributed by atoms with E-state index in [-0.39, 0.29) is 6.61 Å². The highest BCUT2D eigenvalue weighted by Gasteiger charge is 2.05. The second-order valence-electron chi connectivity index (χ2n) is 4.06. The van der Waals surface area contributed by atoms with Crippen LogP contribution in [0.25, 0.3) is 10.9 Å². The monoisotopic (exact) mass is 233 g/mol. The number of hydrogen-bond donors (Lipinski definition) is 1. The zero-order chi connectivity index (χ0) is 12.1. The van der Waals surface area contributed by atoms with Crippen LogP contribution in [-0.2, 0) is 6.54 Å². The molecule has 0 amide bonds. The van der Waals surface area contributed by atoms with Gasteiger partial charge < -0.3 is 14.4 Å². The molecule has 1 aromatic heterocycles. The number of nitrogens with zero attached hydrogens (tertiary/aromatic N) is 1. The molecule has 0 aliphatic heterocycles. The Balaban J connectivity index is 2.24. The molecule has 0 unspecified atom stereocenters. The molecule has 0 saturated heterocycles. The van der Waals surface area contributed by atoms with Crippen LogP contribution in [0.3, 0.4) is 0 Å². The molecule has 0 aliphatic rings. The quantitative estimate of drug-likeness (QED) is 0.778. The third kappa shape index (κ3) is 2.61. The fourth-order valence-corrected chi connectivity index (χ4v) is 2.07. The van der Waals surface area contributed by atoms with E-state index < -0.39 is 0 Å².